The first-order valence-corrected chi connectivity index (χ1v) is 13.3. The number of thiophene rings is 1. The topological polar surface area (TPSA) is 66.5 Å². The molecule has 0 bridgehead atoms. The van der Waals surface area contributed by atoms with Gasteiger partial charge >= 0.3 is 0 Å². The molecular formula is C21H28N2O3S3. The number of aryl methyl sites for hydroxylation is 2. The Morgan fingerprint density at radius 3 is 2.62 bits per heavy atom. The molecule has 1 aliphatic rings. The molecule has 1 saturated heterocycles. The summed E-state index contributed by atoms with van der Waals surface area (Å²) in [5.41, 5.74) is 2.05. The van der Waals surface area contributed by atoms with E-state index in [4.69, 9.17) is 0 Å². The van der Waals surface area contributed by atoms with Crippen LogP contribution in [0.15, 0.2) is 40.6 Å². The van der Waals surface area contributed by atoms with Gasteiger partial charge < -0.3 is 5.32 Å². The Bertz CT molecular complexity index is 919. The molecule has 0 aliphatic carbocycles. The van der Waals surface area contributed by atoms with E-state index < -0.39 is 10.0 Å². The highest BCUT2D eigenvalue weighted by atomic mass is 32.2. The zero-order chi connectivity index (χ0) is 20.9. The number of benzene rings is 1. The largest absolute Gasteiger partial charge is 0.355 e. The molecule has 1 N–H and O–H groups in total. The third-order valence-electron chi connectivity index (χ3n) is 5.31. The first-order valence-electron chi connectivity index (χ1n) is 9.83. The van der Waals surface area contributed by atoms with Gasteiger partial charge in [-0.1, -0.05) is 12.1 Å². The third-order valence-corrected chi connectivity index (χ3v) is 9.27. The van der Waals surface area contributed by atoms with Crippen LogP contribution in [-0.4, -0.2) is 44.0 Å². The van der Waals surface area contributed by atoms with E-state index in [1.807, 2.05) is 31.7 Å². The van der Waals surface area contributed by atoms with E-state index in [2.05, 4.69) is 22.8 Å². The smallest absolute Gasteiger partial charge is 0.243 e. The second-order valence-corrected chi connectivity index (χ2v) is 11.4. The molecule has 2 heterocycles. The number of nitrogens with zero attached hydrogens (tertiary/aromatic N) is 1. The monoisotopic (exact) mass is 452 g/mol. The van der Waals surface area contributed by atoms with Gasteiger partial charge in [-0.3, -0.25) is 4.79 Å². The maximum atomic E-state index is 12.9. The van der Waals surface area contributed by atoms with E-state index in [-0.39, 0.29) is 11.8 Å². The molecule has 0 saturated carbocycles. The van der Waals surface area contributed by atoms with Crippen LogP contribution in [0.5, 0.6) is 0 Å². The molecule has 0 spiro atoms. The Morgan fingerprint density at radius 2 is 1.97 bits per heavy atom. The number of piperidine rings is 1. The van der Waals surface area contributed by atoms with Crippen LogP contribution in [0, 0.1) is 19.8 Å². The van der Waals surface area contributed by atoms with E-state index in [9.17, 15) is 13.2 Å². The summed E-state index contributed by atoms with van der Waals surface area (Å²) in [6, 6.07) is 9.42. The molecule has 0 atom stereocenters. The van der Waals surface area contributed by atoms with Gasteiger partial charge in [-0.2, -0.15) is 16.1 Å². The van der Waals surface area contributed by atoms with Gasteiger partial charge in [0.15, 0.2) is 0 Å². The van der Waals surface area contributed by atoms with Gasteiger partial charge in [-0.15, -0.1) is 11.3 Å². The molecule has 158 valence electrons. The summed E-state index contributed by atoms with van der Waals surface area (Å²) in [4.78, 5) is 14.1. The summed E-state index contributed by atoms with van der Waals surface area (Å²) in [5.74, 6) is 1.79. The predicted molar refractivity (Wildman–Crippen MR) is 121 cm³/mol. The van der Waals surface area contributed by atoms with Gasteiger partial charge in [-0.25, -0.2) is 8.42 Å². The number of nitrogens with one attached hydrogen (secondary N) is 1. The molecule has 1 fully saturated rings. The van der Waals surface area contributed by atoms with Gasteiger partial charge in [0, 0.05) is 41.9 Å². The summed E-state index contributed by atoms with van der Waals surface area (Å²) >= 11 is 3.56. The standard InChI is InChI=1S/C21H28N2O3S3/c1-16-5-6-20(14-17(16)2)29(25,26)23-10-7-18(8-11-23)21(24)22-9-13-27-15-19-4-3-12-28-19/h3-6,12,14,18H,7-11,13,15H2,1-2H3,(H,22,24). The lowest BCUT2D eigenvalue weighted by Crippen LogP contribution is -2.43. The Morgan fingerprint density at radius 1 is 1.21 bits per heavy atom. The minimum atomic E-state index is -3.50. The molecule has 1 aliphatic heterocycles. The second-order valence-electron chi connectivity index (χ2n) is 7.35. The van der Waals surface area contributed by atoms with E-state index in [0.29, 0.717) is 37.4 Å². The highest BCUT2D eigenvalue weighted by molar-refractivity contribution is 7.98. The van der Waals surface area contributed by atoms with Crippen molar-refractivity contribution in [2.75, 3.05) is 25.4 Å². The van der Waals surface area contributed by atoms with Gasteiger partial charge in [0.05, 0.1) is 4.90 Å². The number of rotatable bonds is 8. The fraction of sp³-hybridized carbons (Fsp3) is 0.476. The summed E-state index contributed by atoms with van der Waals surface area (Å²) < 4.78 is 27.3. The zero-order valence-corrected chi connectivity index (χ0v) is 19.3. The highest BCUT2D eigenvalue weighted by Gasteiger charge is 2.32. The molecule has 3 rings (SSSR count). The number of carbonyl (C=O) groups excluding carboxylic acids is 1. The van der Waals surface area contributed by atoms with E-state index in [1.54, 1.807) is 23.5 Å². The minimum absolute atomic E-state index is 0.0463. The normalized spacial score (nSPS) is 16.1. The van der Waals surface area contributed by atoms with Crippen molar-refractivity contribution in [2.45, 2.75) is 37.3 Å². The molecule has 2 aromatic rings. The Labute approximate surface area is 181 Å². The van der Waals surface area contributed by atoms with Crippen molar-refractivity contribution in [1.82, 2.24) is 9.62 Å². The molecule has 5 nitrogen and oxygen atoms in total. The van der Waals surface area contributed by atoms with Crippen molar-refractivity contribution < 1.29 is 13.2 Å². The predicted octanol–water partition coefficient (Wildman–Crippen LogP) is 3.82. The molecule has 1 aromatic heterocycles. The minimum Gasteiger partial charge on any atom is -0.355 e. The number of hydrogen-bond acceptors (Lipinski definition) is 5. The van der Waals surface area contributed by atoms with Crippen LogP contribution in [0.4, 0.5) is 0 Å². The zero-order valence-electron chi connectivity index (χ0n) is 16.9. The molecule has 0 radical (unpaired) electrons. The molecule has 8 heteroatoms. The quantitative estimate of drug-likeness (QED) is 0.619. The van der Waals surface area contributed by atoms with Crippen LogP contribution < -0.4 is 5.32 Å². The molecule has 29 heavy (non-hydrogen) atoms. The molecular weight excluding hydrogens is 424 g/mol. The summed E-state index contributed by atoms with van der Waals surface area (Å²) in [6.45, 7) is 5.32. The van der Waals surface area contributed by atoms with Crippen molar-refractivity contribution in [1.29, 1.82) is 0 Å². The fourth-order valence-electron chi connectivity index (χ4n) is 3.34. The molecule has 0 unspecified atom stereocenters. The number of sulfonamides is 1. The second kappa shape index (κ2) is 10.1. The van der Waals surface area contributed by atoms with Crippen molar-refractivity contribution in [3.8, 4) is 0 Å². The number of carbonyl (C=O) groups is 1. The Hall–Kier alpha value is -1.35. The number of hydrogen-bond donors (Lipinski definition) is 1. The first-order chi connectivity index (χ1) is 13.9. The molecule has 1 aromatic carbocycles. The Kier molecular flexibility index (Phi) is 7.79. The van der Waals surface area contributed by atoms with Crippen LogP contribution in [0.2, 0.25) is 0 Å². The van der Waals surface area contributed by atoms with Crippen LogP contribution >= 0.6 is 23.1 Å². The highest BCUT2D eigenvalue weighted by Crippen LogP contribution is 2.25. The van der Waals surface area contributed by atoms with Crippen molar-refractivity contribution >= 4 is 39.0 Å². The van der Waals surface area contributed by atoms with Crippen LogP contribution in [0.1, 0.15) is 28.8 Å². The summed E-state index contributed by atoms with van der Waals surface area (Å²) in [7, 11) is -3.50. The van der Waals surface area contributed by atoms with Crippen LogP contribution in [0.3, 0.4) is 0 Å². The maximum Gasteiger partial charge on any atom is 0.243 e. The average Bonchev–Trinajstić information content (AvgIpc) is 3.23. The third kappa shape index (κ3) is 5.84. The first kappa shape index (κ1) is 22.3. The van der Waals surface area contributed by atoms with Crippen molar-refractivity contribution in [3.63, 3.8) is 0 Å². The van der Waals surface area contributed by atoms with Gasteiger partial charge in [0.2, 0.25) is 15.9 Å². The van der Waals surface area contributed by atoms with Crippen molar-refractivity contribution in [2.24, 2.45) is 5.92 Å². The summed E-state index contributed by atoms with van der Waals surface area (Å²) in [6.07, 6.45) is 1.14. The Balaban J connectivity index is 1.43. The lowest BCUT2D eigenvalue weighted by Gasteiger charge is -2.30. The SMILES string of the molecule is Cc1ccc(S(=O)(=O)N2CCC(C(=O)NCCSCc3cccs3)CC2)cc1C. The lowest BCUT2D eigenvalue weighted by atomic mass is 9.97. The number of thioether (sulfide) groups is 1. The van der Waals surface area contributed by atoms with E-state index in [1.165, 1.54) is 9.18 Å². The van der Waals surface area contributed by atoms with Crippen molar-refractivity contribution in [3.05, 3.63) is 51.7 Å². The van der Waals surface area contributed by atoms with Gasteiger partial charge in [0.1, 0.15) is 0 Å². The number of amides is 1. The lowest BCUT2D eigenvalue weighted by molar-refractivity contribution is -0.125. The van der Waals surface area contributed by atoms with E-state index >= 15 is 0 Å². The van der Waals surface area contributed by atoms with Gasteiger partial charge in [0.25, 0.3) is 0 Å². The van der Waals surface area contributed by atoms with Gasteiger partial charge in [-0.05, 0) is 61.4 Å². The van der Waals surface area contributed by atoms with E-state index in [0.717, 1.165) is 22.6 Å². The summed E-state index contributed by atoms with van der Waals surface area (Å²) in [5, 5.41) is 5.08. The van der Waals surface area contributed by atoms with Crippen LogP contribution in [-0.2, 0) is 20.6 Å². The fourth-order valence-corrected chi connectivity index (χ4v) is 6.59. The maximum absolute atomic E-state index is 12.9. The average molecular weight is 453 g/mol. The van der Waals surface area contributed by atoms with Crippen LogP contribution in [0.25, 0.3) is 0 Å². The molecule has 1 amide bonds.